The van der Waals surface area contributed by atoms with Gasteiger partial charge in [-0.05, 0) is 6.92 Å². The molecule has 0 aliphatic heterocycles. The maximum absolute atomic E-state index is 12.1. The van der Waals surface area contributed by atoms with Crippen LogP contribution in [-0.2, 0) is 21.4 Å². The van der Waals surface area contributed by atoms with Gasteiger partial charge in [0.1, 0.15) is 6.54 Å². The lowest BCUT2D eigenvalue weighted by Gasteiger charge is -2.03. The molecule has 2 rings (SSSR count). The van der Waals surface area contributed by atoms with Crippen molar-refractivity contribution < 1.29 is 18.3 Å². The summed E-state index contributed by atoms with van der Waals surface area (Å²) in [7, 11) is -3.90. The minimum absolute atomic E-state index is 0.117. The molecule has 0 spiro atoms. The number of H-pyrrole nitrogens is 1. The number of nitrogens with zero attached hydrogens (tertiary/aromatic N) is 2. The molecular formula is C9H10N4O5S2. The number of thiazole rings is 1. The van der Waals surface area contributed by atoms with Gasteiger partial charge in [-0.3, -0.25) is 19.0 Å². The Morgan fingerprint density at radius 2 is 2.30 bits per heavy atom. The quantitative estimate of drug-likeness (QED) is 0.700. The first-order valence-corrected chi connectivity index (χ1v) is 7.54. The number of carboxylic acids is 1. The van der Waals surface area contributed by atoms with Gasteiger partial charge in [0.2, 0.25) is 0 Å². The summed E-state index contributed by atoms with van der Waals surface area (Å²) < 4.78 is 27.3. The van der Waals surface area contributed by atoms with Gasteiger partial charge in [-0.1, -0.05) is 11.3 Å². The molecule has 0 saturated carbocycles. The lowest BCUT2D eigenvalue weighted by atomic mass is 10.6. The standard InChI is InChI=1S/C9H10N4O5S2/c1-5-8(19-9(16)11-5)20(17,18)12-6-2-10-13(3-6)4-7(14)15/h2-3,12H,4H2,1H3,(H,11,16)(H,14,15). The zero-order chi connectivity index (χ0) is 14.9. The van der Waals surface area contributed by atoms with Crippen molar-refractivity contribution in [2.45, 2.75) is 17.7 Å². The normalized spacial score (nSPS) is 11.4. The first-order chi connectivity index (χ1) is 9.28. The van der Waals surface area contributed by atoms with E-state index < -0.39 is 20.9 Å². The lowest BCUT2D eigenvalue weighted by molar-refractivity contribution is -0.137. The number of aromatic amines is 1. The molecular weight excluding hydrogens is 308 g/mol. The molecule has 0 aliphatic carbocycles. The minimum Gasteiger partial charge on any atom is -0.480 e. The number of carboxylic acid groups (broad SMARTS) is 1. The fourth-order valence-electron chi connectivity index (χ4n) is 1.49. The largest absolute Gasteiger partial charge is 0.480 e. The van der Waals surface area contributed by atoms with Crippen LogP contribution in [-0.4, -0.2) is 34.3 Å². The molecule has 2 aromatic heterocycles. The number of anilines is 1. The van der Waals surface area contributed by atoms with Crippen molar-refractivity contribution in [1.29, 1.82) is 0 Å². The predicted octanol–water partition coefficient (Wildman–Crippen LogP) is -0.173. The first kappa shape index (κ1) is 14.3. The van der Waals surface area contributed by atoms with Gasteiger partial charge >= 0.3 is 10.8 Å². The van der Waals surface area contributed by atoms with Crippen molar-refractivity contribution in [3.05, 3.63) is 27.8 Å². The molecule has 0 bridgehead atoms. The number of aliphatic carboxylic acids is 1. The van der Waals surface area contributed by atoms with Crippen LogP contribution >= 0.6 is 11.3 Å². The summed E-state index contributed by atoms with van der Waals surface area (Å²) in [5.41, 5.74) is 0.358. The molecule has 0 saturated heterocycles. The van der Waals surface area contributed by atoms with E-state index in [0.717, 1.165) is 4.68 Å². The first-order valence-electron chi connectivity index (χ1n) is 5.25. The van der Waals surface area contributed by atoms with Crippen LogP contribution in [0.15, 0.2) is 21.4 Å². The SMILES string of the molecule is Cc1[nH]c(=O)sc1S(=O)(=O)Nc1cnn(CC(=O)O)c1. The molecule has 0 aliphatic rings. The Kier molecular flexibility index (Phi) is 3.63. The molecule has 2 aromatic rings. The molecule has 0 aromatic carbocycles. The predicted molar refractivity (Wildman–Crippen MR) is 70.3 cm³/mol. The molecule has 3 N–H and O–H groups in total. The molecule has 11 heteroatoms. The Hall–Kier alpha value is -2.14. The number of hydrogen-bond donors (Lipinski definition) is 3. The second-order valence-electron chi connectivity index (χ2n) is 3.85. The van der Waals surface area contributed by atoms with Crippen LogP contribution < -0.4 is 9.60 Å². The van der Waals surface area contributed by atoms with E-state index in [0.29, 0.717) is 11.3 Å². The molecule has 9 nitrogen and oxygen atoms in total. The maximum Gasteiger partial charge on any atom is 0.325 e. The minimum atomic E-state index is -3.90. The molecule has 20 heavy (non-hydrogen) atoms. The Balaban J connectivity index is 2.24. The zero-order valence-electron chi connectivity index (χ0n) is 10.2. The summed E-state index contributed by atoms with van der Waals surface area (Å²) in [4.78, 5) is 23.5. The van der Waals surface area contributed by atoms with Crippen LogP contribution in [0.3, 0.4) is 0 Å². The second-order valence-corrected chi connectivity index (χ2v) is 6.71. The molecule has 2 heterocycles. The van der Waals surface area contributed by atoms with E-state index in [1.165, 1.54) is 19.3 Å². The zero-order valence-corrected chi connectivity index (χ0v) is 11.8. The number of aryl methyl sites for hydroxylation is 1. The van der Waals surface area contributed by atoms with Crippen LogP contribution in [0.25, 0.3) is 0 Å². The molecule has 0 atom stereocenters. The summed E-state index contributed by atoms with van der Waals surface area (Å²) in [6, 6.07) is 0. The van der Waals surface area contributed by atoms with Crippen LogP contribution in [0.4, 0.5) is 5.69 Å². The number of sulfonamides is 1. The van der Waals surface area contributed by atoms with Gasteiger partial charge in [0, 0.05) is 11.9 Å². The fraction of sp³-hybridized carbons (Fsp3) is 0.222. The van der Waals surface area contributed by atoms with Gasteiger partial charge in [0.25, 0.3) is 10.0 Å². The van der Waals surface area contributed by atoms with Gasteiger partial charge in [-0.25, -0.2) is 8.42 Å². The molecule has 0 fully saturated rings. The summed E-state index contributed by atoms with van der Waals surface area (Å²) in [5.74, 6) is -1.10. The Morgan fingerprint density at radius 3 is 2.85 bits per heavy atom. The number of hydrogen-bond acceptors (Lipinski definition) is 6. The van der Waals surface area contributed by atoms with Gasteiger partial charge < -0.3 is 10.1 Å². The van der Waals surface area contributed by atoms with E-state index in [1.54, 1.807) is 0 Å². The van der Waals surface area contributed by atoms with Crippen molar-refractivity contribution in [2.75, 3.05) is 4.72 Å². The van der Waals surface area contributed by atoms with E-state index >= 15 is 0 Å². The van der Waals surface area contributed by atoms with Gasteiger partial charge in [-0.2, -0.15) is 5.10 Å². The monoisotopic (exact) mass is 318 g/mol. The Morgan fingerprint density at radius 1 is 1.60 bits per heavy atom. The number of nitrogens with one attached hydrogen (secondary N) is 2. The highest BCUT2D eigenvalue weighted by Crippen LogP contribution is 2.19. The summed E-state index contributed by atoms with van der Waals surface area (Å²) in [6.45, 7) is 1.10. The number of rotatable bonds is 5. The third kappa shape index (κ3) is 3.05. The maximum atomic E-state index is 12.1. The van der Waals surface area contributed by atoms with Gasteiger partial charge in [0.05, 0.1) is 11.9 Å². The Labute approximate surface area is 116 Å². The third-order valence-corrected chi connectivity index (χ3v) is 5.19. The van der Waals surface area contributed by atoms with E-state index in [-0.39, 0.29) is 22.1 Å². The van der Waals surface area contributed by atoms with Crippen molar-refractivity contribution in [1.82, 2.24) is 14.8 Å². The summed E-state index contributed by atoms with van der Waals surface area (Å²) in [5, 5.41) is 12.3. The van der Waals surface area contributed by atoms with Crippen LogP contribution in [0.1, 0.15) is 5.69 Å². The van der Waals surface area contributed by atoms with E-state index in [9.17, 15) is 18.0 Å². The van der Waals surface area contributed by atoms with Crippen LogP contribution in [0.5, 0.6) is 0 Å². The lowest BCUT2D eigenvalue weighted by Crippen LogP contribution is -2.12. The highest BCUT2D eigenvalue weighted by Gasteiger charge is 2.21. The van der Waals surface area contributed by atoms with Crippen molar-refractivity contribution in [3.63, 3.8) is 0 Å². The smallest absolute Gasteiger partial charge is 0.325 e. The molecule has 0 unspecified atom stereocenters. The summed E-state index contributed by atoms with van der Waals surface area (Å²) in [6.07, 6.45) is 2.43. The fourth-order valence-corrected chi connectivity index (χ4v) is 3.82. The van der Waals surface area contributed by atoms with Gasteiger partial charge in [-0.15, -0.1) is 0 Å². The highest BCUT2D eigenvalue weighted by atomic mass is 32.2. The van der Waals surface area contributed by atoms with Crippen molar-refractivity contribution in [2.24, 2.45) is 0 Å². The summed E-state index contributed by atoms with van der Waals surface area (Å²) >= 11 is 0.575. The third-order valence-electron chi connectivity index (χ3n) is 2.21. The molecule has 0 amide bonds. The van der Waals surface area contributed by atoms with E-state index in [1.807, 2.05) is 0 Å². The average Bonchev–Trinajstić information content (AvgIpc) is 2.84. The second kappa shape index (κ2) is 5.09. The topological polar surface area (TPSA) is 134 Å². The Bertz CT molecular complexity index is 800. The van der Waals surface area contributed by atoms with Crippen molar-refractivity contribution >= 4 is 33.0 Å². The van der Waals surface area contributed by atoms with Crippen LogP contribution in [0.2, 0.25) is 0 Å². The number of carbonyl (C=O) groups is 1. The van der Waals surface area contributed by atoms with E-state index in [4.69, 9.17) is 5.11 Å². The van der Waals surface area contributed by atoms with E-state index in [2.05, 4.69) is 14.8 Å². The van der Waals surface area contributed by atoms with Crippen molar-refractivity contribution in [3.8, 4) is 0 Å². The molecule has 0 radical (unpaired) electrons. The number of aromatic nitrogens is 3. The van der Waals surface area contributed by atoms with Gasteiger partial charge in [0.15, 0.2) is 4.21 Å². The highest BCUT2D eigenvalue weighted by molar-refractivity contribution is 7.94. The molecule has 108 valence electrons. The average molecular weight is 318 g/mol. The van der Waals surface area contributed by atoms with Crippen LogP contribution in [0, 0.1) is 6.92 Å².